The van der Waals surface area contributed by atoms with Crippen LogP contribution < -0.4 is 10.1 Å². The van der Waals surface area contributed by atoms with Crippen LogP contribution in [0.25, 0.3) is 0 Å². The molecule has 1 N–H and O–H groups in total. The van der Waals surface area contributed by atoms with Gasteiger partial charge in [-0.1, -0.05) is 29.8 Å². The van der Waals surface area contributed by atoms with Crippen LogP contribution in [0.5, 0.6) is 5.75 Å². The molecule has 7 heteroatoms. The van der Waals surface area contributed by atoms with Crippen molar-refractivity contribution in [1.82, 2.24) is 0 Å². The molecule has 0 bridgehead atoms. The van der Waals surface area contributed by atoms with Crippen LogP contribution in [0.1, 0.15) is 6.92 Å². The fraction of sp³-hybridized carbons (Fsp3) is 0.133. The normalized spacial score (nSPS) is 11.5. The number of ether oxygens (including phenoxy) is 1. The van der Waals surface area contributed by atoms with E-state index in [2.05, 4.69) is 5.32 Å². The predicted octanol–water partition coefficient (Wildman–Crippen LogP) is 3.65. The average molecular weight is 321 g/mol. The minimum Gasteiger partial charge on any atom is -0.481 e. The van der Waals surface area contributed by atoms with Crippen molar-refractivity contribution in [3.63, 3.8) is 0 Å². The fourth-order valence-corrected chi connectivity index (χ4v) is 1.91. The van der Waals surface area contributed by atoms with Crippen LogP contribution in [-0.2, 0) is 4.79 Å². The molecule has 1 amide bonds. The zero-order chi connectivity index (χ0) is 16.1. The third kappa shape index (κ3) is 3.95. The summed E-state index contributed by atoms with van der Waals surface area (Å²) in [7, 11) is 0. The van der Waals surface area contributed by atoms with Crippen molar-refractivity contribution in [2.75, 3.05) is 5.32 Å². The molecule has 2 rings (SSSR count). The number of nitrogens with one attached hydrogen (secondary N) is 1. The van der Waals surface area contributed by atoms with Crippen LogP contribution in [0.3, 0.4) is 0 Å². The zero-order valence-corrected chi connectivity index (χ0v) is 12.4. The van der Waals surface area contributed by atoms with E-state index in [0.717, 1.165) is 0 Å². The van der Waals surface area contributed by atoms with Crippen LogP contribution in [0.4, 0.5) is 11.4 Å². The highest BCUT2D eigenvalue weighted by molar-refractivity contribution is 6.33. The van der Waals surface area contributed by atoms with Gasteiger partial charge in [-0.05, 0) is 25.1 Å². The number of carbonyl (C=O) groups is 1. The van der Waals surface area contributed by atoms with Crippen molar-refractivity contribution in [3.8, 4) is 5.75 Å². The Morgan fingerprint density at radius 3 is 2.68 bits per heavy atom. The van der Waals surface area contributed by atoms with E-state index in [1.165, 1.54) is 18.2 Å². The molecule has 0 heterocycles. The van der Waals surface area contributed by atoms with Crippen LogP contribution >= 0.6 is 11.6 Å². The molecule has 0 aliphatic carbocycles. The van der Waals surface area contributed by atoms with Gasteiger partial charge in [0, 0.05) is 6.07 Å². The van der Waals surface area contributed by atoms with Gasteiger partial charge in [-0.2, -0.15) is 0 Å². The van der Waals surface area contributed by atoms with Crippen molar-refractivity contribution in [3.05, 3.63) is 63.7 Å². The zero-order valence-electron chi connectivity index (χ0n) is 11.7. The maximum absolute atomic E-state index is 12.1. The highest BCUT2D eigenvalue weighted by Gasteiger charge is 2.17. The molecule has 2 aromatic carbocycles. The molecule has 114 valence electrons. The Kier molecular flexibility index (Phi) is 4.95. The molecule has 0 aliphatic rings. The van der Waals surface area contributed by atoms with E-state index in [1.807, 2.05) is 0 Å². The molecule has 0 saturated heterocycles. The number of hydrogen-bond acceptors (Lipinski definition) is 4. The Morgan fingerprint density at radius 1 is 1.27 bits per heavy atom. The van der Waals surface area contributed by atoms with Crippen molar-refractivity contribution >= 4 is 28.9 Å². The molecule has 0 aromatic heterocycles. The number of nitro groups is 1. The summed E-state index contributed by atoms with van der Waals surface area (Å²) in [5.41, 5.74) is 0.375. The molecule has 0 spiro atoms. The van der Waals surface area contributed by atoms with Gasteiger partial charge in [0.25, 0.3) is 11.6 Å². The van der Waals surface area contributed by atoms with Crippen molar-refractivity contribution < 1.29 is 14.5 Å². The molecule has 6 nitrogen and oxygen atoms in total. The Balaban J connectivity index is 2.04. The number of rotatable bonds is 5. The van der Waals surface area contributed by atoms with E-state index >= 15 is 0 Å². The number of non-ortho nitro benzene ring substituents is 1. The highest BCUT2D eigenvalue weighted by Crippen LogP contribution is 2.22. The first-order chi connectivity index (χ1) is 10.5. The van der Waals surface area contributed by atoms with Gasteiger partial charge in [0.05, 0.1) is 21.7 Å². The number of anilines is 1. The summed E-state index contributed by atoms with van der Waals surface area (Å²) in [6, 6.07) is 12.5. The molecule has 0 aliphatic heterocycles. The van der Waals surface area contributed by atoms with Gasteiger partial charge < -0.3 is 10.1 Å². The van der Waals surface area contributed by atoms with Gasteiger partial charge in [-0.25, -0.2) is 0 Å². The first-order valence-corrected chi connectivity index (χ1v) is 6.81. The van der Waals surface area contributed by atoms with Crippen molar-refractivity contribution in [2.45, 2.75) is 13.0 Å². The molecular formula is C15H13ClN2O4. The summed E-state index contributed by atoms with van der Waals surface area (Å²) >= 11 is 5.96. The van der Waals surface area contributed by atoms with Crippen LogP contribution in [0.2, 0.25) is 5.02 Å². The molecule has 2 aromatic rings. The van der Waals surface area contributed by atoms with E-state index in [9.17, 15) is 14.9 Å². The number of amides is 1. The number of carbonyl (C=O) groups excluding carboxylic acids is 1. The quantitative estimate of drug-likeness (QED) is 0.673. The van der Waals surface area contributed by atoms with E-state index < -0.39 is 16.9 Å². The maximum atomic E-state index is 12.1. The summed E-state index contributed by atoms with van der Waals surface area (Å²) < 4.78 is 5.42. The summed E-state index contributed by atoms with van der Waals surface area (Å²) in [6.45, 7) is 1.55. The SMILES string of the molecule is C[C@H](Oc1cccc([N+](=O)[O-])c1)C(=O)Nc1ccccc1Cl. The van der Waals surface area contributed by atoms with Gasteiger partial charge in [-0.15, -0.1) is 0 Å². The van der Waals surface area contributed by atoms with Crippen molar-refractivity contribution in [1.29, 1.82) is 0 Å². The molecule has 0 radical (unpaired) electrons. The van der Waals surface area contributed by atoms with Gasteiger partial charge in [0.2, 0.25) is 0 Å². The first-order valence-electron chi connectivity index (χ1n) is 6.44. The summed E-state index contributed by atoms with van der Waals surface area (Å²) in [6.07, 6.45) is -0.835. The van der Waals surface area contributed by atoms with E-state index in [4.69, 9.17) is 16.3 Å². The first kappa shape index (κ1) is 15.8. The molecule has 0 fully saturated rings. The lowest BCUT2D eigenvalue weighted by atomic mass is 10.3. The number of para-hydroxylation sites is 1. The summed E-state index contributed by atoms with van der Waals surface area (Å²) in [4.78, 5) is 22.2. The largest absolute Gasteiger partial charge is 0.481 e. The lowest BCUT2D eigenvalue weighted by Crippen LogP contribution is -2.30. The lowest BCUT2D eigenvalue weighted by Gasteiger charge is -2.15. The molecule has 0 saturated carbocycles. The number of nitrogens with zero attached hydrogens (tertiary/aromatic N) is 1. The standard InChI is InChI=1S/C15H13ClN2O4/c1-10(15(19)17-14-8-3-2-7-13(14)16)22-12-6-4-5-11(9-12)18(20)21/h2-10H,1H3,(H,17,19)/t10-/m0/s1. The minimum atomic E-state index is -0.835. The average Bonchev–Trinajstić information content (AvgIpc) is 2.49. The highest BCUT2D eigenvalue weighted by atomic mass is 35.5. The third-order valence-electron chi connectivity index (χ3n) is 2.84. The lowest BCUT2D eigenvalue weighted by molar-refractivity contribution is -0.384. The van der Waals surface area contributed by atoms with Crippen LogP contribution in [0, 0.1) is 10.1 Å². The Hall–Kier alpha value is -2.60. The van der Waals surface area contributed by atoms with Crippen molar-refractivity contribution in [2.24, 2.45) is 0 Å². The fourth-order valence-electron chi connectivity index (χ4n) is 1.72. The topological polar surface area (TPSA) is 81.5 Å². The molecule has 1 atom stereocenters. The van der Waals surface area contributed by atoms with Crippen LogP contribution in [0.15, 0.2) is 48.5 Å². The van der Waals surface area contributed by atoms with Gasteiger partial charge >= 0.3 is 0 Å². The van der Waals surface area contributed by atoms with E-state index in [1.54, 1.807) is 37.3 Å². The second-order valence-corrected chi connectivity index (χ2v) is 4.89. The second-order valence-electron chi connectivity index (χ2n) is 4.48. The summed E-state index contributed by atoms with van der Waals surface area (Å²) in [5.74, 6) is -0.157. The second kappa shape index (κ2) is 6.91. The third-order valence-corrected chi connectivity index (χ3v) is 3.17. The number of benzene rings is 2. The Labute approximate surface area is 131 Å². The molecule has 0 unspecified atom stereocenters. The summed E-state index contributed by atoms with van der Waals surface area (Å²) in [5, 5.41) is 13.8. The van der Waals surface area contributed by atoms with Gasteiger partial charge in [0.15, 0.2) is 6.10 Å². The molecule has 22 heavy (non-hydrogen) atoms. The maximum Gasteiger partial charge on any atom is 0.273 e. The monoisotopic (exact) mass is 320 g/mol. The van der Waals surface area contributed by atoms with Crippen LogP contribution in [-0.4, -0.2) is 16.9 Å². The Bertz CT molecular complexity index is 705. The smallest absolute Gasteiger partial charge is 0.273 e. The predicted molar refractivity (Wildman–Crippen MR) is 83.3 cm³/mol. The minimum absolute atomic E-state index is 0.101. The van der Waals surface area contributed by atoms with E-state index in [-0.39, 0.29) is 11.4 Å². The van der Waals surface area contributed by atoms with Gasteiger partial charge in [-0.3, -0.25) is 14.9 Å². The number of hydrogen-bond donors (Lipinski definition) is 1. The van der Waals surface area contributed by atoms with E-state index in [0.29, 0.717) is 10.7 Å². The number of halogens is 1. The Morgan fingerprint density at radius 2 is 2.00 bits per heavy atom. The van der Waals surface area contributed by atoms with Gasteiger partial charge in [0.1, 0.15) is 5.75 Å². The molecular weight excluding hydrogens is 308 g/mol. The number of nitro benzene ring substituents is 1.